The van der Waals surface area contributed by atoms with Crippen molar-refractivity contribution in [2.45, 2.75) is 39.2 Å². The highest BCUT2D eigenvalue weighted by Gasteiger charge is 2.14. The number of rotatable bonds is 7. The van der Waals surface area contributed by atoms with E-state index in [4.69, 9.17) is 0 Å². The number of hydrogen-bond donors (Lipinski definition) is 2. The second-order valence-electron chi connectivity index (χ2n) is 8.84. The molecule has 0 aromatic heterocycles. The zero-order valence-electron chi connectivity index (χ0n) is 18.7. The summed E-state index contributed by atoms with van der Waals surface area (Å²) in [6.45, 7) is 7.26. The Bertz CT molecular complexity index is 1050. The van der Waals surface area contributed by atoms with E-state index in [0.29, 0.717) is 30.6 Å². The Kier molecular flexibility index (Phi) is 7.41. The fourth-order valence-corrected chi connectivity index (χ4v) is 3.25. The van der Waals surface area contributed by atoms with E-state index in [1.807, 2.05) is 36.4 Å². The Morgan fingerprint density at radius 2 is 1.22 bits per heavy atom. The monoisotopic (exact) mass is 432 g/mol. The van der Waals surface area contributed by atoms with Gasteiger partial charge in [0.05, 0.1) is 0 Å². The third-order valence-corrected chi connectivity index (χ3v) is 5.29. The molecule has 0 heterocycles. The van der Waals surface area contributed by atoms with Crippen LogP contribution in [0.3, 0.4) is 0 Å². The molecule has 0 aliphatic rings. The molecule has 5 heteroatoms. The van der Waals surface area contributed by atoms with E-state index in [9.17, 15) is 14.0 Å². The van der Waals surface area contributed by atoms with Crippen LogP contribution in [0, 0.1) is 5.82 Å². The van der Waals surface area contributed by atoms with Crippen molar-refractivity contribution in [3.05, 3.63) is 106 Å². The van der Waals surface area contributed by atoms with Gasteiger partial charge in [0.25, 0.3) is 11.8 Å². The largest absolute Gasteiger partial charge is 0.352 e. The van der Waals surface area contributed by atoms with Crippen molar-refractivity contribution in [1.82, 2.24) is 10.6 Å². The Labute approximate surface area is 188 Å². The van der Waals surface area contributed by atoms with Gasteiger partial charge in [-0.2, -0.15) is 0 Å². The van der Waals surface area contributed by atoms with E-state index in [-0.39, 0.29) is 23.0 Å². The summed E-state index contributed by atoms with van der Waals surface area (Å²) in [4.78, 5) is 24.7. The topological polar surface area (TPSA) is 58.2 Å². The van der Waals surface area contributed by atoms with Gasteiger partial charge in [-0.25, -0.2) is 4.39 Å². The molecule has 3 rings (SSSR count). The van der Waals surface area contributed by atoms with E-state index < -0.39 is 0 Å². The van der Waals surface area contributed by atoms with Crippen LogP contribution in [0.5, 0.6) is 0 Å². The first-order valence-electron chi connectivity index (χ1n) is 10.7. The minimum Gasteiger partial charge on any atom is -0.352 e. The average Bonchev–Trinajstić information content (AvgIpc) is 2.78. The first kappa shape index (κ1) is 23.2. The molecule has 166 valence electrons. The second kappa shape index (κ2) is 10.2. The first-order valence-corrected chi connectivity index (χ1v) is 10.7. The predicted molar refractivity (Wildman–Crippen MR) is 125 cm³/mol. The van der Waals surface area contributed by atoms with Crippen molar-refractivity contribution in [3.8, 4) is 0 Å². The van der Waals surface area contributed by atoms with Gasteiger partial charge in [-0.05, 0) is 64.9 Å². The lowest BCUT2D eigenvalue weighted by Gasteiger charge is -2.19. The van der Waals surface area contributed by atoms with Gasteiger partial charge in [-0.15, -0.1) is 0 Å². The maximum absolute atomic E-state index is 12.9. The van der Waals surface area contributed by atoms with E-state index in [1.54, 1.807) is 24.3 Å². The van der Waals surface area contributed by atoms with Crippen LogP contribution < -0.4 is 10.6 Å². The lowest BCUT2D eigenvalue weighted by atomic mass is 9.87. The molecule has 0 saturated carbocycles. The van der Waals surface area contributed by atoms with E-state index in [1.165, 1.54) is 17.7 Å². The van der Waals surface area contributed by atoms with Crippen molar-refractivity contribution in [1.29, 1.82) is 0 Å². The summed E-state index contributed by atoms with van der Waals surface area (Å²) in [5.41, 5.74) is 4.27. The fourth-order valence-electron chi connectivity index (χ4n) is 3.25. The zero-order valence-corrected chi connectivity index (χ0v) is 18.7. The molecule has 0 atom stereocenters. The summed E-state index contributed by atoms with van der Waals surface area (Å²) in [6.07, 6.45) is 0.632. The van der Waals surface area contributed by atoms with Gasteiger partial charge in [-0.1, -0.05) is 57.2 Å². The van der Waals surface area contributed by atoms with Crippen molar-refractivity contribution in [2.24, 2.45) is 0 Å². The summed E-state index contributed by atoms with van der Waals surface area (Å²) in [5.74, 6) is -0.567. The van der Waals surface area contributed by atoms with Gasteiger partial charge in [0.2, 0.25) is 0 Å². The summed E-state index contributed by atoms with van der Waals surface area (Å²) >= 11 is 0. The van der Waals surface area contributed by atoms with E-state index in [2.05, 4.69) is 31.4 Å². The van der Waals surface area contributed by atoms with E-state index >= 15 is 0 Å². The molecule has 2 amide bonds. The molecular weight excluding hydrogens is 403 g/mol. The number of carbonyl (C=O) groups excluding carboxylic acids is 2. The van der Waals surface area contributed by atoms with Crippen LogP contribution in [0.25, 0.3) is 0 Å². The molecule has 0 bridgehead atoms. The standard InChI is InChI=1S/C27H29FN2O2/c1-27(2,3)23-12-10-22(11-13-23)26(32)30-18-20-4-8-21(9-5-20)25(31)29-17-16-19-6-14-24(28)15-7-19/h4-15H,16-18H2,1-3H3,(H,29,31)(H,30,32). The highest BCUT2D eigenvalue weighted by atomic mass is 19.1. The van der Waals surface area contributed by atoms with Crippen LogP contribution in [0.2, 0.25) is 0 Å². The Morgan fingerprint density at radius 1 is 0.719 bits per heavy atom. The molecule has 32 heavy (non-hydrogen) atoms. The lowest BCUT2D eigenvalue weighted by Crippen LogP contribution is -2.26. The summed E-state index contributed by atoms with van der Waals surface area (Å²) in [6, 6.07) is 21.1. The molecule has 2 N–H and O–H groups in total. The van der Waals surface area contributed by atoms with Crippen molar-refractivity contribution < 1.29 is 14.0 Å². The van der Waals surface area contributed by atoms with Gasteiger partial charge in [-0.3, -0.25) is 9.59 Å². The van der Waals surface area contributed by atoms with Crippen LogP contribution in [-0.4, -0.2) is 18.4 Å². The molecule has 0 unspecified atom stereocenters. The smallest absolute Gasteiger partial charge is 0.251 e. The molecule has 0 aliphatic heterocycles. The van der Waals surface area contributed by atoms with E-state index in [0.717, 1.165) is 11.1 Å². The van der Waals surface area contributed by atoms with Gasteiger partial charge in [0, 0.05) is 24.2 Å². The predicted octanol–water partition coefficient (Wildman–Crippen LogP) is 5.03. The average molecular weight is 433 g/mol. The maximum Gasteiger partial charge on any atom is 0.251 e. The minimum atomic E-state index is -0.271. The number of hydrogen-bond acceptors (Lipinski definition) is 2. The molecule has 0 saturated heterocycles. The number of carbonyl (C=O) groups is 2. The van der Waals surface area contributed by atoms with Crippen LogP contribution >= 0.6 is 0 Å². The molecule has 0 spiro atoms. The van der Waals surface area contributed by atoms with Crippen molar-refractivity contribution >= 4 is 11.8 Å². The minimum absolute atomic E-state index is 0.0456. The molecule has 4 nitrogen and oxygen atoms in total. The zero-order chi connectivity index (χ0) is 23.1. The number of nitrogens with one attached hydrogen (secondary N) is 2. The first-order chi connectivity index (χ1) is 15.2. The van der Waals surface area contributed by atoms with Crippen LogP contribution in [0.4, 0.5) is 4.39 Å². The third kappa shape index (κ3) is 6.51. The molecular formula is C27H29FN2O2. The maximum atomic E-state index is 12.9. The van der Waals surface area contributed by atoms with Crippen LogP contribution in [0.15, 0.2) is 72.8 Å². The van der Waals surface area contributed by atoms with Gasteiger partial charge >= 0.3 is 0 Å². The van der Waals surface area contributed by atoms with Gasteiger partial charge in [0.15, 0.2) is 0 Å². The normalized spacial score (nSPS) is 11.1. The summed E-state index contributed by atoms with van der Waals surface area (Å²) < 4.78 is 12.9. The van der Waals surface area contributed by atoms with Crippen molar-refractivity contribution in [2.75, 3.05) is 6.54 Å². The molecule has 0 fully saturated rings. The molecule has 0 radical (unpaired) electrons. The summed E-state index contributed by atoms with van der Waals surface area (Å²) in [5, 5.41) is 5.78. The second-order valence-corrected chi connectivity index (χ2v) is 8.84. The highest BCUT2D eigenvalue weighted by molar-refractivity contribution is 5.95. The highest BCUT2D eigenvalue weighted by Crippen LogP contribution is 2.22. The number of halogens is 1. The lowest BCUT2D eigenvalue weighted by molar-refractivity contribution is 0.0943. The van der Waals surface area contributed by atoms with Crippen LogP contribution in [-0.2, 0) is 18.4 Å². The quantitative estimate of drug-likeness (QED) is 0.550. The number of amides is 2. The fraction of sp³-hybridized carbons (Fsp3) is 0.259. The Balaban J connectivity index is 1.47. The number of benzene rings is 3. The third-order valence-electron chi connectivity index (χ3n) is 5.29. The van der Waals surface area contributed by atoms with Gasteiger partial charge in [0.1, 0.15) is 5.82 Å². The molecule has 3 aromatic carbocycles. The molecule has 3 aromatic rings. The molecule has 0 aliphatic carbocycles. The Hall–Kier alpha value is -3.47. The SMILES string of the molecule is CC(C)(C)c1ccc(C(=O)NCc2ccc(C(=O)NCCc3ccc(F)cc3)cc2)cc1. The van der Waals surface area contributed by atoms with Gasteiger partial charge < -0.3 is 10.6 Å². The van der Waals surface area contributed by atoms with Crippen molar-refractivity contribution in [3.63, 3.8) is 0 Å². The van der Waals surface area contributed by atoms with Crippen LogP contribution in [0.1, 0.15) is 58.2 Å². The summed E-state index contributed by atoms with van der Waals surface area (Å²) in [7, 11) is 0. The Morgan fingerprint density at radius 3 is 1.78 bits per heavy atom.